The molecule has 9 atom stereocenters. The van der Waals surface area contributed by atoms with Gasteiger partial charge in [0.1, 0.15) is 0 Å². The van der Waals surface area contributed by atoms with Crippen molar-refractivity contribution in [3.8, 4) is 0 Å². The zero-order valence-electron chi connectivity index (χ0n) is 23.9. The van der Waals surface area contributed by atoms with Gasteiger partial charge in [-0.1, -0.05) is 100 Å². The minimum absolute atomic E-state index is 0.148. The molecule has 0 N–H and O–H groups in total. The molecule has 0 saturated heterocycles. The first kappa shape index (κ1) is 27.0. The highest BCUT2D eigenvalue weighted by atomic mass is 16.1. The number of carbonyl (C=O) groups is 1. The topological polar surface area (TPSA) is 17.1 Å². The zero-order valence-corrected chi connectivity index (χ0v) is 23.9. The van der Waals surface area contributed by atoms with Crippen LogP contribution in [0.1, 0.15) is 133 Å². The van der Waals surface area contributed by atoms with E-state index in [1.165, 1.54) is 64.2 Å². The van der Waals surface area contributed by atoms with Crippen LogP contribution in [0.25, 0.3) is 0 Å². The van der Waals surface area contributed by atoms with Gasteiger partial charge in [0.25, 0.3) is 0 Å². The predicted molar refractivity (Wildman–Crippen MR) is 143 cm³/mol. The summed E-state index contributed by atoms with van der Waals surface area (Å²) in [5, 5.41) is 0. The maximum atomic E-state index is 14.0. The van der Waals surface area contributed by atoms with E-state index in [4.69, 9.17) is 0 Å². The van der Waals surface area contributed by atoms with Crippen molar-refractivity contribution in [2.75, 3.05) is 0 Å². The second-order valence-corrected chi connectivity index (χ2v) is 13.2. The minimum Gasteiger partial charge on any atom is -0.295 e. The Morgan fingerprint density at radius 3 is 2.03 bits per heavy atom. The van der Waals surface area contributed by atoms with Crippen LogP contribution in [-0.4, -0.2) is 5.78 Å². The van der Waals surface area contributed by atoms with Crippen LogP contribution in [0.3, 0.4) is 0 Å². The van der Waals surface area contributed by atoms with Crippen LogP contribution >= 0.6 is 0 Å². The van der Waals surface area contributed by atoms with Crippen molar-refractivity contribution < 1.29 is 4.79 Å². The van der Waals surface area contributed by atoms with E-state index in [1.807, 2.05) is 27.7 Å². The molecule has 0 amide bonds. The molecule has 1 heteroatoms. The number of hydrogen-bond acceptors (Lipinski definition) is 1. The molecule has 1 nitrogen and oxygen atoms in total. The third-order valence-corrected chi connectivity index (χ3v) is 11.9. The second-order valence-electron chi connectivity index (χ2n) is 13.2. The number of allylic oxidation sites excluding steroid dienone is 2. The smallest absolute Gasteiger partial charge is 0.159 e. The minimum atomic E-state index is 0.148. The van der Waals surface area contributed by atoms with E-state index in [-0.39, 0.29) is 22.2 Å². The van der Waals surface area contributed by atoms with E-state index in [2.05, 4.69) is 47.6 Å². The van der Waals surface area contributed by atoms with Crippen LogP contribution < -0.4 is 0 Å². The number of carbonyl (C=O) groups excluding carboxylic acids is 1. The van der Waals surface area contributed by atoms with E-state index < -0.39 is 0 Å². The summed E-state index contributed by atoms with van der Waals surface area (Å²) in [6, 6.07) is 0. The van der Waals surface area contributed by atoms with Crippen LogP contribution in [0.15, 0.2) is 11.6 Å². The second kappa shape index (κ2) is 9.46. The van der Waals surface area contributed by atoms with Gasteiger partial charge < -0.3 is 0 Å². The van der Waals surface area contributed by atoms with Crippen molar-refractivity contribution >= 4 is 5.78 Å². The number of rotatable bonds is 0. The van der Waals surface area contributed by atoms with E-state index in [9.17, 15) is 4.79 Å². The molecule has 4 fully saturated rings. The largest absolute Gasteiger partial charge is 0.295 e. The quantitative estimate of drug-likeness (QED) is 0.354. The van der Waals surface area contributed by atoms with Crippen LogP contribution in [0.5, 0.6) is 0 Å². The van der Waals surface area contributed by atoms with Gasteiger partial charge in [-0.25, -0.2) is 0 Å². The maximum Gasteiger partial charge on any atom is 0.159 e. The summed E-state index contributed by atoms with van der Waals surface area (Å²) < 4.78 is 0. The summed E-state index contributed by atoms with van der Waals surface area (Å²) in [6.45, 7) is 23.2. The highest BCUT2D eigenvalue weighted by molar-refractivity contribution is 5.95. The third kappa shape index (κ3) is 3.72. The summed E-state index contributed by atoms with van der Waals surface area (Å²) in [5.74, 6) is 3.66. The van der Waals surface area contributed by atoms with Crippen molar-refractivity contribution in [3.63, 3.8) is 0 Å². The summed E-state index contributed by atoms with van der Waals surface area (Å²) in [7, 11) is 0. The first-order chi connectivity index (χ1) is 15.6. The Bertz CT molecular complexity index is 750. The molecular formula is C32H56O. The van der Waals surface area contributed by atoms with Gasteiger partial charge in [0.2, 0.25) is 0 Å². The molecule has 5 aliphatic carbocycles. The SMILES string of the molecule is CC.CC.C[C@@H]1CCC[C@@]2(C)C1CC[C@]1(C)C2C(=O)C=C2C3[C@@H](C)CCC[C@]3(C)CC[C@]21C. The molecule has 0 bridgehead atoms. The molecule has 0 aromatic carbocycles. The van der Waals surface area contributed by atoms with Gasteiger partial charge in [-0.2, -0.15) is 0 Å². The Morgan fingerprint density at radius 1 is 0.758 bits per heavy atom. The molecule has 5 aliphatic rings. The molecule has 33 heavy (non-hydrogen) atoms. The van der Waals surface area contributed by atoms with Crippen molar-refractivity contribution in [1.29, 1.82) is 0 Å². The van der Waals surface area contributed by atoms with E-state index in [0.717, 1.165) is 17.8 Å². The molecule has 0 radical (unpaired) electrons. The van der Waals surface area contributed by atoms with Crippen molar-refractivity contribution in [1.82, 2.24) is 0 Å². The third-order valence-electron chi connectivity index (χ3n) is 11.9. The fraction of sp³-hybridized carbons (Fsp3) is 0.906. The molecule has 5 rings (SSSR count). The Kier molecular flexibility index (Phi) is 7.74. The predicted octanol–water partition coefficient (Wildman–Crippen LogP) is 9.65. The lowest BCUT2D eigenvalue weighted by Gasteiger charge is -2.69. The molecule has 0 aromatic rings. The normalized spacial score (nSPS) is 50.5. The Balaban J connectivity index is 0.000000728. The van der Waals surface area contributed by atoms with Crippen molar-refractivity contribution in [2.45, 2.75) is 133 Å². The monoisotopic (exact) mass is 456 g/mol. The van der Waals surface area contributed by atoms with Gasteiger partial charge in [-0.15, -0.1) is 0 Å². The van der Waals surface area contributed by atoms with Gasteiger partial charge in [-0.3, -0.25) is 4.79 Å². The first-order valence-electron chi connectivity index (χ1n) is 14.8. The Hall–Kier alpha value is -0.590. The first-order valence-corrected chi connectivity index (χ1v) is 14.8. The van der Waals surface area contributed by atoms with E-state index >= 15 is 0 Å². The zero-order chi connectivity index (χ0) is 24.8. The van der Waals surface area contributed by atoms with Gasteiger partial charge in [0.05, 0.1) is 0 Å². The average molecular weight is 457 g/mol. The van der Waals surface area contributed by atoms with Crippen LogP contribution in [-0.2, 0) is 4.79 Å². The standard InChI is InChI=1S/C28H44O.2C2H6/c1-18-9-8-13-26(4)20(18)11-14-28(6)24(26)22(29)17-21-23-19(2)10-7-12-25(23,3)15-16-27(21,28)5;2*1-2/h17-20,23-24H,7-16H2,1-6H3;2*1-2H3/t18-,19+,20?,23?,24?,25-,26+,27-,28-;;/m1../s1. The number of ketones is 1. The summed E-state index contributed by atoms with van der Waals surface area (Å²) >= 11 is 0. The average Bonchev–Trinajstić information content (AvgIpc) is 2.77. The molecule has 0 spiro atoms. The lowest BCUT2D eigenvalue weighted by Crippen LogP contribution is -2.64. The van der Waals surface area contributed by atoms with Crippen LogP contribution in [0.2, 0.25) is 0 Å². The van der Waals surface area contributed by atoms with Crippen molar-refractivity contribution in [2.24, 2.45) is 51.2 Å². The lowest BCUT2D eigenvalue weighted by molar-refractivity contribution is -0.175. The van der Waals surface area contributed by atoms with Gasteiger partial charge in [0.15, 0.2) is 5.78 Å². The Morgan fingerprint density at radius 2 is 1.36 bits per heavy atom. The molecule has 0 aromatic heterocycles. The number of hydrogen-bond donors (Lipinski definition) is 0. The van der Waals surface area contributed by atoms with E-state index in [1.54, 1.807) is 5.57 Å². The highest BCUT2D eigenvalue weighted by Gasteiger charge is 2.68. The van der Waals surface area contributed by atoms with Gasteiger partial charge >= 0.3 is 0 Å². The lowest BCUT2D eigenvalue weighted by atomic mass is 9.34. The molecule has 3 unspecified atom stereocenters. The Labute approximate surface area is 207 Å². The van der Waals surface area contributed by atoms with Crippen LogP contribution in [0, 0.1) is 51.2 Å². The molecule has 0 heterocycles. The summed E-state index contributed by atoms with van der Waals surface area (Å²) in [5.41, 5.74) is 2.59. The van der Waals surface area contributed by atoms with Crippen molar-refractivity contribution in [3.05, 3.63) is 11.6 Å². The fourth-order valence-electron chi connectivity index (χ4n) is 10.3. The summed E-state index contributed by atoms with van der Waals surface area (Å²) in [6.07, 6.45) is 15.6. The fourth-order valence-corrected chi connectivity index (χ4v) is 10.3. The maximum absolute atomic E-state index is 14.0. The summed E-state index contributed by atoms with van der Waals surface area (Å²) in [4.78, 5) is 14.0. The van der Waals surface area contributed by atoms with E-state index in [0.29, 0.717) is 17.1 Å². The molecular weight excluding hydrogens is 400 g/mol. The molecule has 0 aliphatic heterocycles. The number of fused-ring (bicyclic) bond motifs is 7. The molecule has 4 saturated carbocycles. The highest BCUT2D eigenvalue weighted by Crippen LogP contribution is 2.73. The van der Waals surface area contributed by atoms with Gasteiger partial charge in [-0.05, 0) is 89.9 Å². The van der Waals surface area contributed by atoms with Gasteiger partial charge in [0, 0.05) is 5.92 Å². The van der Waals surface area contributed by atoms with Crippen LogP contribution in [0.4, 0.5) is 0 Å². The molecule has 190 valence electrons.